The minimum Gasteiger partial charge on any atom is -0.374 e. The molecule has 0 aromatic heterocycles. The molecular formula is C19H40O3Si. The molecule has 0 aliphatic heterocycles. The van der Waals surface area contributed by atoms with Crippen LogP contribution in [-0.4, -0.2) is 28.6 Å². The highest BCUT2D eigenvalue weighted by molar-refractivity contribution is 6.60. The molecule has 0 aliphatic rings. The predicted octanol–water partition coefficient (Wildman–Crippen LogP) is 6.12. The fraction of sp³-hybridized carbons (Fsp3) is 0.895. The molecule has 0 rings (SSSR count). The Hall–Kier alpha value is -0.163. The normalized spacial score (nSPS) is 11.8. The second kappa shape index (κ2) is 16.7. The Morgan fingerprint density at radius 2 is 1.04 bits per heavy atom. The highest BCUT2D eigenvalue weighted by Gasteiger charge is 2.39. The minimum absolute atomic E-state index is 0.679. The molecule has 0 heterocycles. The highest BCUT2D eigenvalue weighted by Crippen LogP contribution is 2.21. The third-order valence-corrected chi connectivity index (χ3v) is 7.14. The molecule has 0 saturated heterocycles. The summed E-state index contributed by atoms with van der Waals surface area (Å²) in [4.78, 5) is 0. The van der Waals surface area contributed by atoms with Gasteiger partial charge in [-0.1, -0.05) is 51.0 Å². The second-order valence-electron chi connectivity index (χ2n) is 5.99. The molecule has 0 N–H and O–H groups in total. The quantitative estimate of drug-likeness (QED) is 0.170. The lowest BCUT2D eigenvalue weighted by atomic mass is 10.1. The van der Waals surface area contributed by atoms with Crippen molar-refractivity contribution in [1.82, 2.24) is 0 Å². The van der Waals surface area contributed by atoms with Crippen molar-refractivity contribution in [2.75, 3.05) is 19.8 Å². The van der Waals surface area contributed by atoms with E-state index in [1.54, 1.807) is 0 Å². The van der Waals surface area contributed by atoms with E-state index in [1.807, 2.05) is 26.8 Å². The maximum Gasteiger partial charge on any atom is 0.500 e. The predicted molar refractivity (Wildman–Crippen MR) is 102 cm³/mol. The summed E-state index contributed by atoms with van der Waals surface area (Å²) in [5.74, 6) is 0. The van der Waals surface area contributed by atoms with E-state index >= 15 is 0 Å². The van der Waals surface area contributed by atoms with Crippen LogP contribution in [0.5, 0.6) is 0 Å². The third-order valence-electron chi connectivity index (χ3n) is 3.98. The van der Waals surface area contributed by atoms with E-state index in [9.17, 15) is 0 Å². The molecule has 0 amide bonds. The van der Waals surface area contributed by atoms with Crippen molar-refractivity contribution in [1.29, 1.82) is 0 Å². The molecule has 0 spiro atoms. The summed E-state index contributed by atoms with van der Waals surface area (Å²) >= 11 is 0. The van der Waals surface area contributed by atoms with Crippen LogP contribution >= 0.6 is 0 Å². The fourth-order valence-corrected chi connectivity index (χ4v) is 5.55. The Labute approximate surface area is 146 Å². The second-order valence-corrected chi connectivity index (χ2v) is 8.72. The van der Waals surface area contributed by atoms with Crippen molar-refractivity contribution >= 4 is 8.80 Å². The van der Waals surface area contributed by atoms with Crippen LogP contribution in [0, 0.1) is 0 Å². The van der Waals surface area contributed by atoms with Crippen LogP contribution in [0.1, 0.15) is 85.0 Å². The van der Waals surface area contributed by atoms with E-state index in [1.165, 1.54) is 57.8 Å². The molecule has 0 atom stereocenters. The zero-order chi connectivity index (χ0) is 17.2. The Morgan fingerprint density at radius 3 is 1.43 bits per heavy atom. The minimum atomic E-state index is -2.40. The van der Waals surface area contributed by atoms with Gasteiger partial charge in [-0.2, -0.15) is 0 Å². The van der Waals surface area contributed by atoms with Gasteiger partial charge in [0.2, 0.25) is 0 Å². The van der Waals surface area contributed by atoms with Gasteiger partial charge in [0.1, 0.15) is 0 Å². The lowest BCUT2D eigenvalue weighted by Crippen LogP contribution is -2.45. The van der Waals surface area contributed by atoms with Gasteiger partial charge in [-0.25, -0.2) is 0 Å². The zero-order valence-electron chi connectivity index (χ0n) is 15.9. The van der Waals surface area contributed by atoms with Crippen LogP contribution in [0.25, 0.3) is 0 Å². The van der Waals surface area contributed by atoms with Crippen LogP contribution in [-0.2, 0) is 13.3 Å². The van der Waals surface area contributed by atoms with Crippen molar-refractivity contribution in [3.8, 4) is 0 Å². The van der Waals surface area contributed by atoms with Gasteiger partial charge >= 0.3 is 8.80 Å². The van der Waals surface area contributed by atoms with Gasteiger partial charge in [0.15, 0.2) is 0 Å². The zero-order valence-corrected chi connectivity index (χ0v) is 16.9. The summed E-state index contributed by atoms with van der Waals surface area (Å²) in [6.07, 6.45) is 15.1. The number of hydrogen-bond donors (Lipinski definition) is 0. The van der Waals surface area contributed by atoms with Crippen molar-refractivity contribution in [2.24, 2.45) is 0 Å². The highest BCUT2D eigenvalue weighted by atomic mass is 28.4. The molecule has 0 bridgehead atoms. The van der Waals surface area contributed by atoms with Gasteiger partial charge in [-0.15, -0.1) is 6.58 Å². The molecule has 3 nitrogen and oxygen atoms in total. The molecule has 0 fully saturated rings. The lowest BCUT2D eigenvalue weighted by Gasteiger charge is -2.28. The largest absolute Gasteiger partial charge is 0.500 e. The summed E-state index contributed by atoms with van der Waals surface area (Å²) in [6, 6.07) is 0.962. The van der Waals surface area contributed by atoms with Crippen molar-refractivity contribution in [2.45, 2.75) is 91.0 Å². The van der Waals surface area contributed by atoms with Crippen molar-refractivity contribution in [3.63, 3.8) is 0 Å². The van der Waals surface area contributed by atoms with E-state index in [2.05, 4.69) is 6.58 Å². The topological polar surface area (TPSA) is 27.7 Å². The number of unbranched alkanes of at least 4 members (excludes halogenated alkanes) is 9. The Kier molecular flexibility index (Phi) is 16.6. The maximum atomic E-state index is 5.89. The first-order valence-corrected chi connectivity index (χ1v) is 11.7. The van der Waals surface area contributed by atoms with Gasteiger partial charge in [0.25, 0.3) is 0 Å². The average Bonchev–Trinajstić information content (AvgIpc) is 2.53. The van der Waals surface area contributed by atoms with E-state index in [-0.39, 0.29) is 0 Å². The Morgan fingerprint density at radius 1 is 0.652 bits per heavy atom. The first-order valence-electron chi connectivity index (χ1n) is 9.77. The van der Waals surface area contributed by atoms with Crippen molar-refractivity contribution in [3.05, 3.63) is 12.7 Å². The third kappa shape index (κ3) is 12.9. The Balaban J connectivity index is 3.67. The molecule has 0 aromatic rings. The monoisotopic (exact) mass is 344 g/mol. The number of rotatable bonds is 18. The molecule has 0 aromatic carbocycles. The molecule has 138 valence electrons. The maximum absolute atomic E-state index is 5.89. The molecule has 23 heavy (non-hydrogen) atoms. The summed E-state index contributed by atoms with van der Waals surface area (Å²) in [5.41, 5.74) is 0. The van der Waals surface area contributed by atoms with Crippen LogP contribution in [0.3, 0.4) is 0 Å². The van der Waals surface area contributed by atoms with Crippen molar-refractivity contribution < 1.29 is 13.3 Å². The molecule has 4 heteroatoms. The summed E-state index contributed by atoms with van der Waals surface area (Å²) in [5, 5.41) is 0. The number of allylic oxidation sites excluding steroid dienone is 1. The first kappa shape index (κ1) is 22.8. The summed E-state index contributed by atoms with van der Waals surface area (Å²) in [7, 11) is -2.40. The standard InChI is InChI=1S/C19H40O3Si/c1-5-9-10-11-12-13-14-15-16-17-18-19-23(20-6-2,21-7-3)22-8-4/h5H,1,6-19H2,2-4H3. The van der Waals surface area contributed by atoms with Crippen LogP contribution in [0.4, 0.5) is 0 Å². The van der Waals surface area contributed by atoms with E-state index < -0.39 is 8.80 Å². The Bertz CT molecular complexity index is 242. The number of hydrogen-bond acceptors (Lipinski definition) is 3. The van der Waals surface area contributed by atoms with Crippen LogP contribution in [0.15, 0.2) is 12.7 Å². The van der Waals surface area contributed by atoms with Gasteiger partial charge in [-0.05, 0) is 40.0 Å². The first-order chi connectivity index (χ1) is 11.2. The fourth-order valence-electron chi connectivity index (χ4n) is 2.87. The smallest absolute Gasteiger partial charge is 0.374 e. The lowest BCUT2D eigenvalue weighted by molar-refractivity contribution is 0.0706. The van der Waals surface area contributed by atoms with Gasteiger partial charge in [0, 0.05) is 25.9 Å². The molecular weight excluding hydrogens is 304 g/mol. The van der Waals surface area contributed by atoms with Gasteiger partial charge in [-0.3, -0.25) is 0 Å². The molecule has 0 aliphatic carbocycles. The molecule has 0 unspecified atom stereocenters. The van der Waals surface area contributed by atoms with Crippen LogP contribution in [0.2, 0.25) is 6.04 Å². The molecule has 0 saturated carbocycles. The summed E-state index contributed by atoms with van der Waals surface area (Å²) < 4.78 is 17.7. The van der Waals surface area contributed by atoms with E-state index in [0.29, 0.717) is 19.8 Å². The van der Waals surface area contributed by atoms with E-state index in [4.69, 9.17) is 13.3 Å². The molecule has 0 radical (unpaired) electrons. The summed E-state index contributed by atoms with van der Waals surface area (Å²) in [6.45, 7) is 11.9. The van der Waals surface area contributed by atoms with Gasteiger partial charge < -0.3 is 13.3 Å². The van der Waals surface area contributed by atoms with Crippen LogP contribution < -0.4 is 0 Å². The average molecular weight is 345 g/mol. The van der Waals surface area contributed by atoms with Gasteiger partial charge in [0.05, 0.1) is 0 Å². The SMILES string of the molecule is C=CCCCCCCCCCCC[Si](OCC)(OCC)OCC. The van der Waals surface area contributed by atoms with E-state index in [0.717, 1.165) is 12.5 Å².